The standard InChI is InChI=1S/C17H18ClN3/c1-11(2)9-12-3-5-13(6-4-12)16-17(19)21-10-14(18)7-8-15(21)20-16/h3-8,10-11H,9,19H2,1-2H3. The van der Waals surface area contributed by atoms with Crippen molar-refractivity contribution in [2.75, 3.05) is 5.73 Å². The molecule has 0 aliphatic rings. The Morgan fingerprint density at radius 2 is 1.86 bits per heavy atom. The van der Waals surface area contributed by atoms with Gasteiger partial charge >= 0.3 is 0 Å². The first-order valence-corrected chi connectivity index (χ1v) is 7.45. The molecule has 0 amide bonds. The Labute approximate surface area is 129 Å². The molecular formula is C17H18ClN3. The fourth-order valence-corrected chi connectivity index (χ4v) is 2.68. The molecule has 0 fully saturated rings. The SMILES string of the molecule is CC(C)Cc1ccc(-c2nc3ccc(Cl)cn3c2N)cc1. The van der Waals surface area contributed by atoms with E-state index in [1.54, 1.807) is 6.20 Å². The highest BCUT2D eigenvalue weighted by Gasteiger charge is 2.11. The second kappa shape index (κ2) is 5.41. The van der Waals surface area contributed by atoms with Crippen LogP contribution in [0.5, 0.6) is 0 Å². The molecule has 4 heteroatoms. The van der Waals surface area contributed by atoms with Crippen molar-refractivity contribution in [3.63, 3.8) is 0 Å². The molecule has 3 rings (SSSR count). The largest absolute Gasteiger partial charge is 0.383 e. The normalized spacial score (nSPS) is 11.4. The van der Waals surface area contributed by atoms with Crippen LogP contribution in [0.2, 0.25) is 5.02 Å². The third-order valence-electron chi connectivity index (χ3n) is 3.49. The van der Waals surface area contributed by atoms with Gasteiger partial charge in [-0.1, -0.05) is 49.7 Å². The summed E-state index contributed by atoms with van der Waals surface area (Å²) in [5, 5.41) is 0.644. The lowest BCUT2D eigenvalue weighted by Crippen LogP contribution is -1.95. The summed E-state index contributed by atoms with van der Waals surface area (Å²) in [6.45, 7) is 4.44. The highest BCUT2D eigenvalue weighted by molar-refractivity contribution is 6.30. The second-order valence-corrected chi connectivity index (χ2v) is 6.15. The maximum atomic E-state index is 6.20. The van der Waals surface area contributed by atoms with E-state index in [1.807, 2.05) is 16.5 Å². The van der Waals surface area contributed by atoms with E-state index in [9.17, 15) is 0 Å². The number of imidazole rings is 1. The van der Waals surface area contributed by atoms with E-state index in [0.717, 1.165) is 23.3 Å². The zero-order valence-corrected chi connectivity index (χ0v) is 12.9. The topological polar surface area (TPSA) is 43.3 Å². The predicted molar refractivity (Wildman–Crippen MR) is 88.6 cm³/mol. The Morgan fingerprint density at radius 3 is 2.52 bits per heavy atom. The van der Waals surface area contributed by atoms with Gasteiger partial charge in [0.15, 0.2) is 0 Å². The summed E-state index contributed by atoms with van der Waals surface area (Å²) >= 11 is 6.01. The smallest absolute Gasteiger partial charge is 0.139 e. The predicted octanol–water partition coefficient (Wildman–Crippen LogP) is 4.44. The molecule has 21 heavy (non-hydrogen) atoms. The molecule has 0 aliphatic heterocycles. The van der Waals surface area contributed by atoms with E-state index in [-0.39, 0.29) is 0 Å². The number of nitrogen functional groups attached to an aromatic ring is 1. The number of rotatable bonds is 3. The molecule has 0 radical (unpaired) electrons. The van der Waals surface area contributed by atoms with Crippen LogP contribution in [0.25, 0.3) is 16.9 Å². The van der Waals surface area contributed by atoms with Crippen LogP contribution in [0.15, 0.2) is 42.6 Å². The summed E-state index contributed by atoms with van der Waals surface area (Å²) in [5.74, 6) is 1.27. The monoisotopic (exact) mass is 299 g/mol. The summed E-state index contributed by atoms with van der Waals surface area (Å²) in [5.41, 5.74) is 10.2. The maximum Gasteiger partial charge on any atom is 0.139 e. The van der Waals surface area contributed by atoms with Gasteiger partial charge in [-0.25, -0.2) is 4.98 Å². The van der Waals surface area contributed by atoms with E-state index >= 15 is 0 Å². The van der Waals surface area contributed by atoms with Crippen LogP contribution in [0.4, 0.5) is 5.82 Å². The number of hydrogen-bond acceptors (Lipinski definition) is 2. The number of halogens is 1. The van der Waals surface area contributed by atoms with Gasteiger partial charge in [-0.2, -0.15) is 0 Å². The quantitative estimate of drug-likeness (QED) is 0.777. The van der Waals surface area contributed by atoms with Gasteiger partial charge in [-0.3, -0.25) is 4.40 Å². The van der Waals surface area contributed by atoms with Crippen LogP contribution in [-0.2, 0) is 6.42 Å². The van der Waals surface area contributed by atoms with Crippen molar-refractivity contribution >= 4 is 23.1 Å². The zero-order valence-electron chi connectivity index (χ0n) is 12.2. The molecule has 0 saturated heterocycles. The molecule has 2 N–H and O–H groups in total. The molecule has 1 aromatic carbocycles. The van der Waals surface area contributed by atoms with Crippen molar-refractivity contribution in [3.8, 4) is 11.3 Å². The van der Waals surface area contributed by atoms with Crippen LogP contribution >= 0.6 is 11.6 Å². The van der Waals surface area contributed by atoms with Gasteiger partial charge in [0.05, 0.1) is 5.02 Å². The average Bonchev–Trinajstić information content (AvgIpc) is 2.76. The van der Waals surface area contributed by atoms with Crippen LogP contribution in [-0.4, -0.2) is 9.38 Å². The number of hydrogen-bond donors (Lipinski definition) is 1. The Morgan fingerprint density at radius 1 is 1.14 bits per heavy atom. The molecule has 0 unspecified atom stereocenters. The molecular weight excluding hydrogens is 282 g/mol. The van der Waals surface area contributed by atoms with Crippen molar-refractivity contribution in [3.05, 3.63) is 53.2 Å². The molecule has 0 aliphatic carbocycles. The average molecular weight is 300 g/mol. The minimum Gasteiger partial charge on any atom is -0.383 e. The molecule has 0 spiro atoms. The fraction of sp³-hybridized carbons (Fsp3) is 0.235. The Hall–Kier alpha value is -2.00. The summed E-state index contributed by atoms with van der Waals surface area (Å²) in [4.78, 5) is 4.59. The molecule has 3 nitrogen and oxygen atoms in total. The van der Waals surface area contributed by atoms with E-state index in [2.05, 4.69) is 43.1 Å². The number of nitrogens with zero attached hydrogens (tertiary/aromatic N) is 2. The Bertz CT molecular complexity index is 773. The van der Waals surface area contributed by atoms with E-state index in [4.69, 9.17) is 17.3 Å². The number of anilines is 1. The molecule has 0 bridgehead atoms. The summed E-state index contributed by atoms with van der Waals surface area (Å²) in [6.07, 6.45) is 2.87. The van der Waals surface area contributed by atoms with Crippen LogP contribution < -0.4 is 5.73 Å². The Kier molecular flexibility index (Phi) is 3.60. The van der Waals surface area contributed by atoms with Crippen molar-refractivity contribution in [2.24, 2.45) is 5.92 Å². The fourth-order valence-electron chi connectivity index (χ4n) is 2.52. The van der Waals surface area contributed by atoms with Gasteiger partial charge in [-0.15, -0.1) is 0 Å². The second-order valence-electron chi connectivity index (χ2n) is 5.72. The summed E-state index contributed by atoms with van der Waals surface area (Å²) < 4.78 is 1.82. The summed E-state index contributed by atoms with van der Waals surface area (Å²) in [7, 11) is 0. The maximum absolute atomic E-state index is 6.20. The minimum absolute atomic E-state index is 0.615. The minimum atomic E-state index is 0.615. The van der Waals surface area contributed by atoms with E-state index < -0.39 is 0 Å². The molecule has 0 atom stereocenters. The number of fused-ring (bicyclic) bond motifs is 1. The molecule has 108 valence electrons. The molecule has 3 aromatic rings. The number of pyridine rings is 1. The first kappa shape index (κ1) is 14.0. The first-order valence-electron chi connectivity index (χ1n) is 7.07. The molecule has 0 saturated carbocycles. The first-order chi connectivity index (χ1) is 10.0. The van der Waals surface area contributed by atoms with Crippen molar-refractivity contribution in [2.45, 2.75) is 20.3 Å². The van der Waals surface area contributed by atoms with Gasteiger partial charge in [0, 0.05) is 11.8 Å². The van der Waals surface area contributed by atoms with Crippen molar-refractivity contribution in [1.82, 2.24) is 9.38 Å². The van der Waals surface area contributed by atoms with Gasteiger partial charge in [0.1, 0.15) is 17.2 Å². The molecule has 2 heterocycles. The van der Waals surface area contributed by atoms with Gasteiger partial charge in [0.2, 0.25) is 0 Å². The number of aromatic nitrogens is 2. The zero-order chi connectivity index (χ0) is 15.0. The van der Waals surface area contributed by atoms with Crippen molar-refractivity contribution in [1.29, 1.82) is 0 Å². The Balaban J connectivity index is 2.02. The number of benzene rings is 1. The highest BCUT2D eigenvalue weighted by Crippen LogP contribution is 2.28. The van der Waals surface area contributed by atoms with Gasteiger partial charge < -0.3 is 5.73 Å². The third kappa shape index (κ3) is 2.74. The molecule has 2 aromatic heterocycles. The van der Waals surface area contributed by atoms with Crippen LogP contribution in [0.1, 0.15) is 19.4 Å². The van der Waals surface area contributed by atoms with Gasteiger partial charge in [0.25, 0.3) is 0 Å². The lowest BCUT2D eigenvalue weighted by molar-refractivity contribution is 0.647. The van der Waals surface area contributed by atoms with Gasteiger partial charge in [-0.05, 0) is 30.0 Å². The van der Waals surface area contributed by atoms with Crippen molar-refractivity contribution < 1.29 is 0 Å². The van der Waals surface area contributed by atoms with E-state index in [1.165, 1.54) is 5.56 Å². The van der Waals surface area contributed by atoms with E-state index in [0.29, 0.717) is 16.8 Å². The van der Waals surface area contributed by atoms with Crippen LogP contribution in [0.3, 0.4) is 0 Å². The highest BCUT2D eigenvalue weighted by atomic mass is 35.5. The number of nitrogens with two attached hydrogens (primary N) is 1. The summed E-state index contributed by atoms with van der Waals surface area (Å²) in [6, 6.07) is 12.1. The lowest BCUT2D eigenvalue weighted by atomic mass is 10.0. The van der Waals surface area contributed by atoms with Crippen LogP contribution in [0, 0.1) is 5.92 Å². The lowest BCUT2D eigenvalue weighted by Gasteiger charge is -2.06. The third-order valence-corrected chi connectivity index (χ3v) is 3.71.